The van der Waals surface area contributed by atoms with Gasteiger partial charge in [-0.2, -0.15) is 0 Å². The molecule has 0 radical (unpaired) electrons. The number of nitrogen functional groups attached to an aromatic ring is 1. The van der Waals surface area contributed by atoms with Gasteiger partial charge in [-0.05, 0) is 30.7 Å². The van der Waals surface area contributed by atoms with Crippen molar-refractivity contribution in [1.29, 1.82) is 0 Å². The summed E-state index contributed by atoms with van der Waals surface area (Å²) in [6.45, 7) is 1.95. The molecular weight excluding hydrogens is 276 g/mol. The zero-order valence-corrected chi connectivity index (χ0v) is 12.0. The van der Waals surface area contributed by atoms with Gasteiger partial charge < -0.3 is 10.3 Å². The molecule has 0 saturated carbocycles. The smallest absolute Gasteiger partial charge is 0.258 e. The molecule has 104 valence electrons. The average Bonchev–Trinajstić information content (AvgIpc) is 2.45. The Kier molecular flexibility index (Phi) is 4.22. The third kappa shape index (κ3) is 2.89. The number of benzene rings is 1. The van der Waals surface area contributed by atoms with Gasteiger partial charge in [-0.1, -0.05) is 29.8 Å². The summed E-state index contributed by atoms with van der Waals surface area (Å²) < 4.78 is 0. The summed E-state index contributed by atoms with van der Waals surface area (Å²) in [4.78, 5) is 18.0. The number of nitrogens with zero attached hydrogens (tertiary/aromatic N) is 2. The molecule has 0 saturated heterocycles. The van der Waals surface area contributed by atoms with Gasteiger partial charge in [0.15, 0.2) is 0 Å². The van der Waals surface area contributed by atoms with Gasteiger partial charge in [0.1, 0.15) is 11.0 Å². The number of hydrazine groups is 1. The quantitative estimate of drug-likeness (QED) is 0.518. The van der Waals surface area contributed by atoms with E-state index in [1.165, 1.54) is 6.07 Å². The Hall–Kier alpha value is -2.11. The van der Waals surface area contributed by atoms with Gasteiger partial charge in [-0.3, -0.25) is 4.79 Å². The maximum absolute atomic E-state index is 12.5. The molecule has 1 amide bonds. The summed E-state index contributed by atoms with van der Waals surface area (Å²) in [7, 11) is 1.72. The standard InChI is InChI=1S/C14H15ClN4O/c1-9-5-3-4-6-11(9)19(2)14(20)10-7-12(15)17-13(8-10)18-16/h3-8H,16H2,1-2H3,(H,17,18). The van der Waals surface area contributed by atoms with Crippen molar-refractivity contribution in [2.45, 2.75) is 6.92 Å². The summed E-state index contributed by atoms with van der Waals surface area (Å²) in [6, 6.07) is 10.7. The first-order chi connectivity index (χ1) is 9.52. The fraction of sp³-hybridized carbons (Fsp3) is 0.143. The van der Waals surface area contributed by atoms with Gasteiger partial charge in [0.2, 0.25) is 0 Å². The van der Waals surface area contributed by atoms with Crippen LogP contribution >= 0.6 is 11.6 Å². The lowest BCUT2D eigenvalue weighted by atomic mass is 10.1. The van der Waals surface area contributed by atoms with Gasteiger partial charge in [0, 0.05) is 18.3 Å². The number of hydrogen-bond acceptors (Lipinski definition) is 4. The summed E-state index contributed by atoms with van der Waals surface area (Å²) in [6.07, 6.45) is 0. The van der Waals surface area contributed by atoms with Crippen LogP contribution in [0.15, 0.2) is 36.4 Å². The second-order valence-corrected chi connectivity index (χ2v) is 4.75. The Morgan fingerprint density at radius 3 is 2.70 bits per heavy atom. The zero-order chi connectivity index (χ0) is 14.7. The number of rotatable bonds is 3. The largest absolute Gasteiger partial charge is 0.311 e. The average molecular weight is 291 g/mol. The molecule has 0 unspecified atom stereocenters. The number of nitrogens with one attached hydrogen (secondary N) is 1. The van der Waals surface area contributed by atoms with Gasteiger partial charge in [-0.15, -0.1) is 0 Å². The number of aryl methyl sites for hydroxylation is 1. The van der Waals surface area contributed by atoms with E-state index in [0.29, 0.717) is 11.4 Å². The second kappa shape index (κ2) is 5.90. The number of carbonyl (C=O) groups excluding carboxylic acids is 1. The molecule has 20 heavy (non-hydrogen) atoms. The Morgan fingerprint density at radius 2 is 2.05 bits per heavy atom. The maximum atomic E-state index is 12.5. The van der Waals surface area contributed by atoms with Crippen LogP contribution in [-0.4, -0.2) is 17.9 Å². The third-order valence-corrected chi connectivity index (χ3v) is 3.16. The van der Waals surface area contributed by atoms with Crippen LogP contribution < -0.4 is 16.2 Å². The molecular formula is C14H15ClN4O. The van der Waals surface area contributed by atoms with Crippen molar-refractivity contribution in [3.63, 3.8) is 0 Å². The topological polar surface area (TPSA) is 71.2 Å². The molecule has 0 aliphatic heterocycles. The Balaban J connectivity index is 2.36. The number of amides is 1. The van der Waals surface area contributed by atoms with Crippen molar-refractivity contribution in [1.82, 2.24) is 4.98 Å². The van der Waals surface area contributed by atoms with Crippen LogP contribution in [0.5, 0.6) is 0 Å². The van der Waals surface area contributed by atoms with Crippen LogP contribution in [0.25, 0.3) is 0 Å². The Bertz CT molecular complexity index is 645. The minimum Gasteiger partial charge on any atom is -0.311 e. The van der Waals surface area contributed by atoms with E-state index in [-0.39, 0.29) is 11.1 Å². The minimum absolute atomic E-state index is 0.180. The highest BCUT2D eigenvalue weighted by Crippen LogP contribution is 2.22. The van der Waals surface area contributed by atoms with E-state index in [1.807, 2.05) is 31.2 Å². The first-order valence-corrected chi connectivity index (χ1v) is 6.38. The minimum atomic E-state index is -0.180. The highest BCUT2D eigenvalue weighted by atomic mass is 35.5. The van der Waals surface area contributed by atoms with Crippen molar-refractivity contribution in [3.8, 4) is 0 Å². The Labute approximate surface area is 122 Å². The van der Waals surface area contributed by atoms with Crippen LogP contribution in [0.1, 0.15) is 15.9 Å². The number of para-hydroxylation sites is 1. The second-order valence-electron chi connectivity index (χ2n) is 4.36. The molecule has 2 rings (SSSR count). The SMILES string of the molecule is Cc1ccccc1N(C)C(=O)c1cc(Cl)nc(NN)c1. The molecule has 0 aliphatic carbocycles. The molecule has 0 atom stereocenters. The van der Waals surface area contributed by atoms with E-state index in [4.69, 9.17) is 17.4 Å². The molecule has 0 aliphatic rings. The summed E-state index contributed by atoms with van der Waals surface area (Å²) in [5.74, 6) is 5.47. The fourth-order valence-electron chi connectivity index (χ4n) is 1.94. The van der Waals surface area contributed by atoms with Crippen molar-refractivity contribution >= 4 is 29.0 Å². The van der Waals surface area contributed by atoms with Crippen molar-refractivity contribution in [2.75, 3.05) is 17.4 Å². The molecule has 0 spiro atoms. The molecule has 5 nitrogen and oxygen atoms in total. The molecule has 1 aromatic carbocycles. The summed E-state index contributed by atoms with van der Waals surface area (Å²) >= 11 is 5.88. The molecule has 1 aromatic heterocycles. The van der Waals surface area contributed by atoms with Crippen molar-refractivity contribution in [2.24, 2.45) is 5.84 Å². The lowest BCUT2D eigenvalue weighted by Crippen LogP contribution is -2.27. The van der Waals surface area contributed by atoms with E-state index in [0.717, 1.165) is 11.3 Å². The van der Waals surface area contributed by atoms with Gasteiger partial charge in [-0.25, -0.2) is 10.8 Å². The summed E-state index contributed by atoms with van der Waals surface area (Å²) in [5, 5.41) is 0.210. The van der Waals surface area contributed by atoms with Crippen molar-refractivity contribution in [3.05, 3.63) is 52.7 Å². The number of carbonyl (C=O) groups is 1. The molecule has 0 bridgehead atoms. The van der Waals surface area contributed by atoms with Crippen LogP contribution in [0.2, 0.25) is 5.15 Å². The molecule has 0 fully saturated rings. The number of nitrogens with two attached hydrogens (primary N) is 1. The maximum Gasteiger partial charge on any atom is 0.258 e. The van der Waals surface area contributed by atoms with E-state index in [1.54, 1.807) is 18.0 Å². The normalized spacial score (nSPS) is 10.2. The highest BCUT2D eigenvalue weighted by molar-refractivity contribution is 6.30. The number of aromatic nitrogens is 1. The predicted octanol–water partition coefficient (Wildman–Crippen LogP) is 2.61. The number of hydrogen-bond donors (Lipinski definition) is 2. The fourth-order valence-corrected chi connectivity index (χ4v) is 2.15. The monoisotopic (exact) mass is 290 g/mol. The number of pyridine rings is 1. The highest BCUT2D eigenvalue weighted by Gasteiger charge is 2.16. The number of anilines is 2. The van der Waals surface area contributed by atoms with Crippen molar-refractivity contribution < 1.29 is 4.79 Å². The molecule has 6 heteroatoms. The lowest BCUT2D eigenvalue weighted by Gasteiger charge is -2.19. The van der Waals surface area contributed by atoms with Gasteiger partial charge >= 0.3 is 0 Å². The molecule has 1 heterocycles. The van der Waals surface area contributed by atoms with Crippen LogP contribution in [0.3, 0.4) is 0 Å². The number of halogens is 1. The predicted molar refractivity (Wildman–Crippen MR) is 81.0 cm³/mol. The van der Waals surface area contributed by atoms with Crippen LogP contribution in [0, 0.1) is 6.92 Å². The summed E-state index contributed by atoms with van der Waals surface area (Å²) in [5.41, 5.74) is 4.66. The van der Waals surface area contributed by atoms with E-state index < -0.39 is 0 Å². The lowest BCUT2D eigenvalue weighted by molar-refractivity contribution is 0.0993. The molecule has 3 N–H and O–H groups in total. The van der Waals surface area contributed by atoms with Gasteiger partial charge in [0.25, 0.3) is 5.91 Å². The van der Waals surface area contributed by atoms with Crippen LogP contribution in [0.4, 0.5) is 11.5 Å². The third-order valence-electron chi connectivity index (χ3n) is 2.97. The first kappa shape index (κ1) is 14.3. The first-order valence-electron chi connectivity index (χ1n) is 6.01. The van der Waals surface area contributed by atoms with E-state index >= 15 is 0 Å². The van der Waals surface area contributed by atoms with E-state index in [9.17, 15) is 4.79 Å². The van der Waals surface area contributed by atoms with E-state index in [2.05, 4.69) is 10.4 Å². The Morgan fingerprint density at radius 1 is 1.35 bits per heavy atom. The van der Waals surface area contributed by atoms with Crippen LogP contribution in [-0.2, 0) is 0 Å². The van der Waals surface area contributed by atoms with Gasteiger partial charge in [0.05, 0.1) is 0 Å². The molecule has 2 aromatic rings. The zero-order valence-electron chi connectivity index (χ0n) is 11.2.